The molecular weight excluding hydrogens is 366 g/mol. The normalized spacial score (nSPS) is 15.7. The monoisotopic (exact) mass is 381 g/mol. The summed E-state index contributed by atoms with van der Waals surface area (Å²) in [5.41, 5.74) is 2.27. The first-order valence-electron chi connectivity index (χ1n) is 8.46. The molecule has 2 heterocycles. The van der Waals surface area contributed by atoms with Gasteiger partial charge in [-0.1, -0.05) is 41.9 Å². The van der Waals surface area contributed by atoms with Gasteiger partial charge in [-0.25, -0.2) is 9.48 Å². The number of fused-ring (bicyclic) bond motifs is 1. The van der Waals surface area contributed by atoms with Crippen molar-refractivity contribution in [2.45, 2.75) is 19.1 Å². The fourth-order valence-corrected chi connectivity index (χ4v) is 3.27. The average molecular weight is 382 g/mol. The molecule has 1 atom stereocenters. The lowest BCUT2D eigenvalue weighted by Crippen LogP contribution is -2.38. The summed E-state index contributed by atoms with van der Waals surface area (Å²) in [5.74, 6) is -0.343. The van der Waals surface area contributed by atoms with E-state index in [9.17, 15) is 9.59 Å². The number of esters is 1. The Labute approximate surface area is 160 Å². The number of hydrogen-bond acceptors (Lipinski definition) is 4. The second kappa shape index (κ2) is 7.25. The summed E-state index contributed by atoms with van der Waals surface area (Å²) in [6, 6.07) is 16.3. The molecule has 0 radical (unpaired) electrons. The predicted molar refractivity (Wildman–Crippen MR) is 101 cm³/mol. The van der Waals surface area contributed by atoms with Gasteiger partial charge in [0.1, 0.15) is 5.82 Å². The van der Waals surface area contributed by atoms with Gasteiger partial charge >= 0.3 is 5.97 Å². The van der Waals surface area contributed by atoms with Crippen LogP contribution >= 0.6 is 11.6 Å². The Balaban J connectivity index is 1.48. The number of anilines is 1. The maximum atomic E-state index is 12.6. The van der Waals surface area contributed by atoms with Crippen molar-refractivity contribution in [1.29, 1.82) is 0 Å². The summed E-state index contributed by atoms with van der Waals surface area (Å²) in [7, 11) is 0. The first-order valence-corrected chi connectivity index (χ1v) is 8.84. The molecule has 4 rings (SSSR count). The Morgan fingerprint density at radius 2 is 2.07 bits per heavy atom. The number of amides is 1. The average Bonchev–Trinajstić information content (AvgIpc) is 3.08. The summed E-state index contributed by atoms with van der Waals surface area (Å²) in [4.78, 5) is 24.7. The first-order chi connectivity index (χ1) is 13.1. The Morgan fingerprint density at radius 1 is 1.22 bits per heavy atom. The number of nitrogens with one attached hydrogen (secondary N) is 1. The molecule has 27 heavy (non-hydrogen) atoms. The molecule has 1 aliphatic heterocycles. The van der Waals surface area contributed by atoms with Crippen molar-refractivity contribution in [3.63, 3.8) is 0 Å². The third-order valence-electron chi connectivity index (χ3n) is 4.37. The van der Waals surface area contributed by atoms with Crippen LogP contribution in [0.4, 0.5) is 5.82 Å². The van der Waals surface area contributed by atoms with Crippen molar-refractivity contribution >= 4 is 29.3 Å². The minimum absolute atomic E-state index is 0.343. The SMILES string of the molecule is O=C1O[C@@H](C(=O)Nc2ccnn2Cc2cccc(Cl)c2)Cc2ccccc21. The van der Waals surface area contributed by atoms with Gasteiger partial charge in [0.25, 0.3) is 5.91 Å². The lowest BCUT2D eigenvalue weighted by molar-refractivity contribution is -0.125. The van der Waals surface area contributed by atoms with E-state index in [1.54, 1.807) is 35.1 Å². The Kier molecular flexibility index (Phi) is 4.64. The Hall–Kier alpha value is -3.12. The van der Waals surface area contributed by atoms with Gasteiger partial charge in [0, 0.05) is 17.5 Å². The zero-order valence-corrected chi connectivity index (χ0v) is 15.0. The van der Waals surface area contributed by atoms with Crippen molar-refractivity contribution in [3.8, 4) is 0 Å². The van der Waals surface area contributed by atoms with E-state index < -0.39 is 12.1 Å². The molecule has 0 bridgehead atoms. The van der Waals surface area contributed by atoms with Gasteiger partial charge in [-0.05, 0) is 29.3 Å². The third-order valence-corrected chi connectivity index (χ3v) is 4.61. The number of carbonyl (C=O) groups excluding carboxylic acids is 2. The highest BCUT2D eigenvalue weighted by Crippen LogP contribution is 2.22. The highest BCUT2D eigenvalue weighted by molar-refractivity contribution is 6.30. The maximum Gasteiger partial charge on any atom is 0.339 e. The number of benzene rings is 2. The molecule has 0 saturated heterocycles. The van der Waals surface area contributed by atoms with Gasteiger partial charge in [-0.15, -0.1) is 0 Å². The molecule has 0 unspecified atom stereocenters. The highest BCUT2D eigenvalue weighted by Gasteiger charge is 2.31. The van der Waals surface area contributed by atoms with Crippen LogP contribution in [0.2, 0.25) is 5.02 Å². The lowest BCUT2D eigenvalue weighted by atomic mass is 9.98. The van der Waals surface area contributed by atoms with E-state index in [0.717, 1.165) is 11.1 Å². The van der Waals surface area contributed by atoms with Crippen molar-refractivity contribution < 1.29 is 14.3 Å². The summed E-state index contributed by atoms with van der Waals surface area (Å²) in [5, 5.41) is 7.68. The highest BCUT2D eigenvalue weighted by atomic mass is 35.5. The predicted octanol–water partition coefficient (Wildman–Crippen LogP) is 3.31. The number of nitrogens with zero attached hydrogens (tertiary/aromatic N) is 2. The zero-order chi connectivity index (χ0) is 18.8. The van der Waals surface area contributed by atoms with E-state index in [4.69, 9.17) is 16.3 Å². The van der Waals surface area contributed by atoms with Crippen LogP contribution in [0.15, 0.2) is 60.8 Å². The molecule has 3 aromatic rings. The van der Waals surface area contributed by atoms with Gasteiger partial charge in [0.05, 0.1) is 18.3 Å². The Bertz CT molecular complexity index is 1010. The quantitative estimate of drug-likeness (QED) is 0.704. The van der Waals surface area contributed by atoms with Gasteiger partial charge in [-0.3, -0.25) is 4.79 Å². The number of rotatable bonds is 4. The number of cyclic esters (lactones) is 1. The molecule has 2 aromatic carbocycles. The van der Waals surface area contributed by atoms with Crippen LogP contribution in [0.5, 0.6) is 0 Å². The second-order valence-corrected chi connectivity index (χ2v) is 6.68. The molecule has 1 aromatic heterocycles. The van der Waals surface area contributed by atoms with Crippen LogP contribution in [0.25, 0.3) is 0 Å². The van der Waals surface area contributed by atoms with E-state index in [0.29, 0.717) is 29.4 Å². The van der Waals surface area contributed by atoms with Crippen molar-refractivity contribution in [2.75, 3.05) is 5.32 Å². The van der Waals surface area contributed by atoms with Crippen LogP contribution in [0.1, 0.15) is 21.5 Å². The molecule has 0 aliphatic carbocycles. The van der Waals surface area contributed by atoms with Crippen LogP contribution in [0.3, 0.4) is 0 Å². The van der Waals surface area contributed by atoms with Crippen LogP contribution in [-0.2, 0) is 22.5 Å². The summed E-state index contributed by atoms with van der Waals surface area (Å²) in [6.45, 7) is 0.455. The van der Waals surface area contributed by atoms with E-state index in [1.165, 1.54) is 0 Å². The van der Waals surface area contributed by atoms with Crippen LogP contribution in [0, 0.1) is 0 Å². The van der Waals surface area contributed by atoms with Crippen molar-refractivity contribution in [1.82, 2.24) is 9.78 Å². The summed E-state index contributed by atoms with van der Waals surface area (Å²) < 4.78 is 6.95. The lowest BCUT2D eigenvalue weighted by Gasteiger charge is -2.23. The van der Waals surface area contributed by atoms with E-state index in [-0.39, 0.29) is 5.91 Å². The minimum Gasteiger partial charge on any atom is -0.448 e. The van der Waals surface area contributed by atoms with Crippen molar-refractivity contribution in [3.05, 3.63) is 82.5 Å². The van der Waals surface area contributed by atoms with E-state index in [2.05, 4.69) is 10.4 Å². The van der Waals surface area contributed by atoms with E-state index >= 15 is 0 Å². The molecule has 0 fully saturated rings. The topological polar surface area (TPSA) is 73.2 Å². The number of hydrogen-bond donors (Lipinski definition) is 1. The standard InChI is InChI=1S/C20H16ClN3O3/c21-15-6-3-4-13(10-15)12-24-18(8-9-22-24)23-19(25)17-11-14-5-1-2-7-16(14)20(26)27-17/h1-10,17H,11-12H2,(H,23,25)/t17-/m1/s1. The van der Waals surface area contributed by atoms with Gasteiger partial charge < -0.3 is 10.1 Å². The number of halogens is 1. The fourth-order valence-electron chi connectivity index (χ4n) is 3.06. The molecule has 0 saturated carbocycles. The number of ether oxygens (including phenoxy) is 1. The maximum absolute atomic E-state index is 12.6. The molecule has 1 amide bonds. The zero-order valence-electron chi connectivity index (χ0n) is 14.3. The fraction of sp³-hybridized carbons (Fsp3) is 0.150. The van der Waals surface area contributed by atoms with Gasteiger partial charge in [0.15, 0.2) is 6.10 Å². The number of aromatic nitrogens is 2. The van der Waals surface area contributed by atoms with Gasteiger partial charge in [-0.2, -0.15) is 5.10 Å². The third kappa shape index (κ3) is 3.71. The van der Waals surface area contributed by atoms with Gasteiger partial charge in [0.2, 0.25) is 0 Å². The molecule has 136 valence electrons. The molecule has 1 aliphatic rings. The summed E-state index contributed by atoms with van der Waals surface area (Å²) in [6.07, 6.45) is 1.07. The Morgan fingerprint density at radius 3 is 2.93 bits per heavy atom. The molecular formula is C20H16ClN3O3. The van der Waals surface area contributed by atoms with E-state index in [1.807, 2.05) is 30.3 Å². The van der Waals surface area contributed by atoms with Crippen molar-refractivity contribution in [2.24, 2.45) is 0 Å². The first kappa shape index (κ1) is 17.3. The van der Waals surface area contributed by atoms with Crippen LogP contribution < -0.4 is 5.32 Å². The minimum atomic E-state index is -0.873. The molecule has 0 spiro atoms. The van der Waals surface area contributed by atoms with Crippen LogP contribution in [-0.4, -0.2) is 27.8 Å². The summed E-state index contributed by atoms with van der Waals surface area (Å²) >= 11 is 6.02. The molecule has 1 N–H and O–H groups in total. The smallest absolute Gasteiger partial charge is 0.339 e. The second-order valence-electron chi connectivity index (χ2n) is 6.25. The molecule has 6 nitrogen and oxygen atoms in total. The largest absolute Gasteiger partial charge is 0.448 e. The molecule has 7 heteroatoms. The number of carbonyl (C=O) groups is 2.